The molecule has 0 fully saturated rings. The van der Waals surface area contributed by atoms with Crippen LogP contribution >= 0.6 is 0 Å². The number of rotatable bonds is 2. The molecule has 2 rings (SSSR count). The van der Waals surface area contributed by atoms with Crippen molar-refractivity contribution in [1.82, 2.24) is 19.7 Å². The molecule has 0 unspecified atom stereocenters. The van der Waals surface area contributed by atoms with Gasteiger partial charge in [0.2, 0.25) is 0 Å². The van der Waals surface area contributed by atoms with E-state index < -0.39 is 5.97 Å². The van der Waals surface area contributed by atoms with Gasteiger partial charge in [-0.15, -0.1) is 5.10 Å². The van der Waals surface area contributed by atoms with Crippen LogP contribution in [0.4, 0.5) is 0 Å². The Balaban J connectivity index is 2.69. The molecule has 2 heterocycles. The Hall–Kier alpha value is -2.24. The predicted molar refractivity (Wildman–Crippen MR) is 60.3 cm³/mol. The fourth-order valence-corrected chi connectivity index (χ4v) is 1.59. The van der Waals surface area contributed by atoms with E-state index in [9.17, 15) is 4.79 Å². The van der Waals surface area contributed by atoms with Crippen molar-refractivity contribution >= 4 is 5.97 Å². The molecule has 0 amide bonds. The Morgan fingerprint density at radius 1 is 1.24 bits per heavy atom. The van der Waals surface area contributed by atoms with Crippen LogP contribution in [0, 0.1) is 20.8 Å². The van der Waals surface area contributed by atoms with Crippen LogP contribution in [-0.2, 0) is 0 Å². The SMILES string of the molecule is Cc1ccc(C(=O)O)c(-n2nc(C)nc2C)n1. The number of hydrogen-bond acceptors (Lipinski definition) is 4. The monoisotopic (exact) mass is 232 g/mol. The fraction of sp³-hybridized carbons (Fsp3) is 0.273. The Labute approximate surface area is 98.0 Å². The number of carboxylic acid groups (broad SMARTS) is 1. The molecule has 2 aromatic heterocycles. The van der Waals surface area contributed by atoms with Gasteiger partial charge >= 0.3 is 5.97 Å². The number of aromatic nitrogens is 4. The number of pyridine rings is 1. The van der Waals surface area contributed by atoms with Gasteiger partial charge in [-0.3, -0.25) is 0 Å². The summed E-state index contributed by atoms with van der Waals surface area (Å²) < 4.78 is 1.45. The number of hydrogen-bond donors (Lipinski definition) is 1. The van der Waals surface area contributed by atoms with Crippen molar-refractivity contribution in [3.05, 3.63) is 35.0 Å². The minimum Gasteiger partial charge on any atom is -0.478 e. The largest absolute Gasteiger partial charge is 0.478 e. The lowest BCUT2D eigenvalue weighted by Gasteiger charge is -2.06. The van der Waals surface area contributed by atoms with Gasteiger partial charge in [0.25, 0.3) is 0 Å². The van der Waals surface area contributed by atoms with Gasteiger partial charge in [0.15, 0.2) is 5.82 Å². The molecule has 0 aliphatic rings. The maximum Gasteiger partial charge on any atom is 0.339 e. The molecule has 0 spiro atoms. The zero-order chi connectivity index (χ0) is 12.6. The topological polar surface area (TPSA) is 80.9 Å². The zero-order valence-electron chi connectivity index (χ0n) is 9.80. The Morgan fingerprint density at radius 3 is 2.47 bits per heavy atom. The van der Waals surface area contributed by atoms with Crippen molar-refractivity contribution in [3.8, 4) is 5.82 Å². The fourth-order valence-electron chi connectivity index (χ4n) is 1.59. The molecule has 6 heteroatoms. The van der Waals surface area contributed by atoms with E-state index in [0.29, 0.717) is 17.5 Å². The highest BCUT2D eigenvalue weighted by atomic mass is 16.4. The summed E-state index contributed by atoms with van der Waals surface area (Å²) in [6.07, 6.45) is 0. The molecule has 0 aromatic carbocycles. The highest BCUT2D eigenvalue weighted by molar-refractivity contribution is 5.91. The maximum atomic E-state index is 11.1. The van der Waals surface area contributed by atoms with Crippen LogP contribution in [-0.4, -0.2) is 30.8 Å². The van der Waals surface area contributed by atoms with Crippen molar-refractivity contribution in [2.24, 2.45) is 0 Å². The van der Waals surface area contributed by atoms with Gasteiger partial charge in [0.05, 0.1) is 0 Å². The van der Waals surface area contributed by atoms with E-state index in [1.165, 1.54) is 10.7 Å². The molecule has 0 saturated heterocycles. The molecule has 0 bridgehead atoms. The van der Waals surface area contributed by atoms with E-state index in [1.54, 1.807) is 26.8 Å². The van der Waals surface area contributed by atoms with E-state index in [0.717, 1.165) is 5.69 Å². The van der Waals surface area contributed by atoms with Crippen molar-refractivity contribution < 1.29 is 9.90 Å². The summed E-state index contributed by atoms with van der Waals surface area (Å²) in [5, 5.41) is 13.3. The second-order valence-corrected chi connectivity index (χ2v) is 3.75. The van der Waals surface area contributed by atoms with E-state index in [4.69, 9.17) is 5.11 Å². The van der Waals surface area contributed by atoms with Crippen molar-refractivity contribution in [3.63, 3.8) is 0 Å². The molecule has 17 heavy (non-hydrogen) atoms. The third-order valence-electron chi connectivity index (χ3n) is 2.32. The molecular weight excluding hydrogens is 220 g/mol. The lowest BCUT2D eigenvalue weighted by atomic mass is 10.2. The molecular formula is C11H12N4O2. The molecule has 2 aromatic rings. The van der Waals surface area contributed by atoms with Crippen molar-refractivity contribution in [2.75, 3.05) is 0 Å². The third kappa shape index (κ3) is 2.01. The third-order valence-corrected chi connectivity index (χ3v) is 2.32. The first-order valence-electron chi connectivity index (χ1n) is 5.10. The highest BCUT2D eigenvalue weighted by Crippen LogP contribution is 2.14. The number of aryl methyl sites for hydroxylation is 3. The summed E-state index contributed by atoms with van der Waals surface area (Å²) in [5.41, 5.74) is 0.848. The predicted octanol–water partition coefficient (Wildman–Crippen LogP) is 1.29. The average Bonchev–Trinajstić information content (AvgIpc) is 2.57. The Kier molecular flexibility index (Phi) is 2.63. The minimum atomic E-state index is -1.03. The number of carbonyl (C=O) groups is 1. The summed E-state index contributed by atoms with van der Waals surface area (Å²) in [5.74, 6) is 0.473. The van der Waals surface area contributed by atoms with E-state index in [1.807, 2.05) is 0 Å². The van der Waals surface area contributed by atoms with Gasteiger partial charge in [-0.1, -0.05) is 0 Å². The molecule has 0 saturated carbocycles. The van der Waals surface area contributed by atoms with Crippen LogP contribution in [0.2, 0.25) is 0 Å². The second kappa shape index (κ2) is 3.97. The van der Waals surface area contributed by atoms with Crippen LogP contribution in [0.25, 0.3) is 5.82 Å². The van der Waals surface area contributed by atoms with Crippen LogP contribution in [0.3, 0.4) is 0 Å². The summed E-state index contributed by atoms with van der Waals surface area (Å²) in [7, 11) is 0. The summed E-state index contributed by atoms with van der Waals surface area (Å²) in [6.45, 7) is 5.31. The van der Waals surface area contributed by atoms with Gasteiger partial charge in [-0.25, -0.2) is 14.8 Å². The molecule has 1 N–H and O–H groups in total. The smallest absolute Gasteiger partial charge is 0.339 e. The standard InChI is InChI=1S/C11H12N4O2/c1-6-4-5-9(11(16)17)10(12-6)15-8(3)13-7(2)14-15/h4-5H,1-3H3,(H,16,17). The number of carboxylic acids is 1. The average molecular weight is 232 g/mol. The van der Waals surface area contributed by atoms with E-state index >= 15 is 0 Å². The minimum absolute atomic E-state index is 0.114. The summed E-state index contributed by atoms with van der Waals surface area (Å²) in [4.78, 5) is 19.5. The molecule has 0 aliphatic carbocycles. The van der Waals surface area contributed by atoms with Crippen LogP contribution in [0.5, 0.6) is 0 Å². The number of aromatic carboxylic acids is 1. The van der Waals surface area contributed by atoms with Crippen molar-refractivity contribution in [2.45, 2.75) is 20.8 Å². The maximum absolute atomic E-state index is 11.1. The molecule has 0 aliphatic heterocycles. The molecule has 88 valence electrons. The summed E-state index contributed by atoms with van der Waals surface area (Å²) >= 11 is 0. The van der Waals surface area contributed by atoms with Gasteiger partial charge < -0.3 is 5.11 Å². The van der Waals surface area contributed by atoms with Gasteiger partial charge in [0, 0.05) is 5.69 Å². The summed E-state index contributed by atoms with van der Waals surface area (Å²) in [6, 6.07) is 3.18. The number of nitrogens with zero attached hydrogens (tertiary/aromatic N) is 4. The van der Waals surface area contributed by atoms with Crippen LogP contribution in [0.15, 0.2) is 12.1 Å². The zero-order valence-corrected chi connectivity index (χ0v) is 9.80. The Bertz CT molecular complexity index is 589. The van der Waals surface area contributed by atoms with Gasteiger partial charge in [-0.05, 0) is 32.9 Å². The van der Waals surface area contributed by atoms with Crippen molar-refractivity contribution in [1.29, 1.82) is 0 Å². The van der Waals surface area contributed by atoms with Crippen LogP contribution < -0.4 is 0 Å². The van der Waals surface area contributed by atoms with E-state index in [2.05, 4.69) is 15.1 Å². The van der Waals surface area contributed by atoms with Crippen LogP contribution in [0.1, 0.15) is 27.7 Å². The lowest BCUT2D eigenvalue weighted by molar-refractivity contribution is 0.0696. The first-order valence-corrected chi connectivity index (χ1v) is 5.10. The quantitative estimate of drug-likeness (QED) is 0.843. The molecule has 6 nitrogen and oxygen atoms in total. The first-order chi connectivity index (χ1) is 7.99. The van der Waals surface area contributed by atoms with Gasteiger partial charge in [-0.2, -0.15) is 4.68 Å². The van der Waals surface area contributed by atoms with E-state index in [-0.39, 0.29) is 5.56 Å². The second-order valence-electron chi connectivity index (χ2n) is 3.75. The molecule has 0 atom stereocenters. The molecule has 0 radical (unpaired) electrons. The Morgan fingerprint density at radius 2 is 1.94 bits per heavy atom. The van der Waals surface area contributed by atoms with Gasteiger partial charge in [0.1, 0.15) is 17.2 Å². The first kappa shape index (κ1) is 11.3. The lowest BCUT2D eigenvalue weighted by Crippen LogP contribution is -2.11. The highest BCUT2D eigenvalue weighted by Gasteiger charge is 2.16. The normalized spacial score (nSPS) is 10.5.